The molecule has 0 aliphatic carbocycles. The molecule has 3 aromatic carbocycles. The summed E-state index contributed by atoms with van der Waals surface area (Å²) in [6, 6.07) is 20.6. The summed E-state index contributed by atoms with van der Waals surface area (Å²) in [5.41, 5.74) is 2.73. The van der Waals surface area contributed by atoms with Crippen LogP contribution in [0.1, 0.15) is 33.1 Å². The molecule has 1 heterocycles. The van der Waals surface area contributed by atoms with Gasteiger partial charge >= 0.3 is 0 Å². The number of aromatic nitrogens is 2. The number of aryl methyl sites for hydroxylation is 1. The smallest absolute Gasteiger partial charge is 0.270 e. The summed E-state index contributed by atoms with van der Waals surface area (Å²) in [6.07, 6.45) is 0. The molecule has 34 heavy (non-hydrogen) atoms. The van der Waals surface area contributed by atoms with Crippen LogP contribution in [0.3, 0.4) is 0 Å². The molecular formula is C23H18Cl2N4O3S2. The first kappa shape index (κ1) is 24.3. The highest BCUT2D eigenvalue weighted by atomic mass is 35.5. The number of hydrogen-bond donors (Lipinski definition) is 2. The van der Waals surface area contributed by atoms with E-state index in [0.29, 0.717) is 5.02 Å². The molecule has 7 nitrogen and oxygen atoms in total. The predicted octanol–water partition coefficient (Wildman–Crippen LogP) is 5.47. The van der Waals surface area contributed by atoms with Gasteiger partial charge in [-0.2, -0.15) is 4.72 Å². The summed E-state index contributed by atoms with van der Waals surface area (Å²) in [5, 5.41) is 10.7. The highest BCUT2D eigenvalue weighted by Gasteiger charge is 2.27. The summed E-state index contributed by atoms with van der Waals surface area (Å²) in [4.78, 5) is 12.5. The molecule has 1 amide bonds. The van der Waals surface area contributed by atoms with Crippen LogP contribution in [0.25, 0.3) is 0 Å². The molecule has 0 radical (unpaired) electrons. The minimum atomic E-state index is -4.06. The fourth-order valence-electron chi connectivity index (χ4n) is 3.24. The van der Waals surface area contributed by atoms with Crippen LogP contribution in [0.5, 0.6) is 0 Å². The zero-order valence-electron chi connectivity index (χ0n) is 17.7. The van der Waals surface area contributed by atoms with Crippen LogP contribution in [0.2, 0.25) is 10.0 Å². The summed E-state index contributed by atoms with van der Waals surface area (Å²) < 4.78 is 28.8. The third-order valence-corrected chi connectivity index (χ3v) is 7.99. The molecule has 4 aromatic rings. The number of nitrogens with one attached hydrogen (secondary N) is 2. The molecule has 174 valence electrons. The summed E-state index contributed by atoms with van der Waals surface area (Å²) in [7, 11) is -4.06. The van der Waals surface area contributed by atoms with Gasteiger partial charge in [0.2, 0.25) is 9.47 Å². The second-order valence-corrected chi connectivity index (χ2v) is 11.0. The molecule has 0 saturated carbocycles. The van der Waals surface area contributed by atoms with Gasteiger partial charge in [0.1, 0.15) is 0 Å². The second-order valence-electron chi connectivity index (χ2n) is 7.33. The van der Waals surface area contributed by atoms with Gasteiger partial charge in [0.05, 0.1) is 16.6 Å². The number of sulfonamides is 1. The average molecular weight is 533 g/mol. The van der Waals surface area contributed by atoms with Crippen molar-refractivity contribution in [2.45, 2.75) is 17.3 Å². The SMILES string of the molecule is Cc1cccc(C(NS(=O)(=O)c2nnc(NC(=O)c3ccc(Cl)cc3Cl)s2)c2ccccc2)c1. The van der Waals surface area contributed by atoms with Gasteiger partial charge in [0.15, 0.2) is 0 Å². The molecule has 0 fully saturated rings. The van der Waals surface area contributed by atoms with E-state index in [1.54, 1.807) is 0 Å². The lowest BCUT2D eigenvalue weighted by molar-refractivity contribution is 0.102. The number of anilines is 1. The molecule has 1 unspecified atom stereocenters. The molecule has 0 spiro atoms. The van der Waals surface area contributed by atoms with E-state index in [2.05, 4.69) is 20.2 Å². The number of halogens is 2. The van der Waals surface area contributed by atoms with Crippen molar-refractivity contribution in [3.05, 3.63) is 105 Å². The van der Waals surface area contributed by atoms with Gasteiger partial charge in [-0.3, -0.25) is 10.1 Å². The van der Waals surface area contributed by atoms with Crippen LogP contribution < -0.4 is 10.0 Å². The van der Waals surface area contributed by atoms with Crippen LogP contribution >= 0.6 is 34.5 Å². The van der Waals surface area contributed by atoms with Gasteiger partial charge in [-0.1, -0.05) is 94.7 Å². The van der Waals surface area contributed by atoms with E-state index in [1.807, 2.05) is 61.5 Å². The number of hydrogen-bond acceptors (Lipinski definition) is 6. The Bertz CT molecular complexity index is 1440. The van der Waals surface area contributed by atoms with E-state index >= 15 is 0 Å². The average Bonchev–Trinajstić information content (AvgIpc) is 3.27. The Balaban J connectivity index is 1.58. The highest BCUT2D eigenvalue weighted by Crippen LogP contribution is 2.28. The molecule has 11 heteroatoms. The Labute approximate surface area is 210 Å². The summed E-state index contributed by atoms with van der Waals surface area (Å²) in [5.74, 6) is -0.559. The van der Waals surface area contributed by atoms with Crippen molar-refractivity contribution in [2.75, 3.05) is 5.32 Å². The molecule has 0 bridgehead atoms. The zero-order valence-corrected chi connectivity index (χ0v) is 20.8. The molecule has 0 saturated heterocycles. The number of nitrogens with zero attached hydrogens (tertiary/aromatic N) is 2. The molecule has 0 aliphatic rings. The number of rotatable bonds is 7. The lowest BCUT2D eigenvalue weighted by Gasteiger charge is -2.19. The van der Waals surface area contributed by atoms with Gasteiger partial charge < -0.3 is 0 Å². The lowest BCUT2D eigenvalue weighted by atomic mass is 9.98. The van der Waals surface area contributed by atoms with Crippen LogP contribution in [-0.4, -0.2) is 24.5 Å². The van der Waals surface area contributed by atoms with Crippen molar-refractivity contribution in [2.24, 2.45) is 0 Å². The lowest BCUT2D eigenvalue weighted by Crippen LogP contribution is -2.29. The van der Waals surface area contributed by atoms with Gasteiger partial charge in [0, 0.05) is 5.02 Å². The van der Waals surface area contributed by atoms with Gasteiger partial charge in [-0.05, 0) is 36.2 Å². The van der Waals surface area contributed by atoms with E-state index < -0.39 is 22.0 Å². The molecular weight excluding hydrogens is 515 g/mol. The number of amides is 1. The van der Waals surface area contributed by atoms with Gasteiger partial charge in [0.25, 0.3) is 15.9 Å². The van der Waals surface area contributed by atoms with Crippen LogP contribution in [0.15, 0.2) is 77.1 Å². The number of carbonyl (C=O) groups excluding carboxylic acids is 1. The first-order valence-electron chi connectivity index (χ1n) is 9.97. The summed E-state index contributed by atoms with van der Waals surface area (Å²) >= 11 is 12.7. The monoisotopic (exact) mass is 532 g/mol. The van der Waals surface area contributed by atoms with E-state index in [-0.39, 0.29) is 20.1 Å². The number of benzene rings is 3. The maximum Gasteiger partial charge on any atom is 0.270 e. The largest absolute Gasteiger partial charge is 0.296 e. The van der Waals surface area contributed by atoms with E-state index in [9.17, 15) is 13.2 Å². The molecule has 0 aliphatic heterocycles. The second kappa shape index (κ2) is 10.2. The Morgan fingerprint density at radius 3 is 2.38 bits per heavy atom. The molecule has 1 atom stereocenters. The van der Waals surface area contributed by atoms with Crippen molar-refractivity contribution >= 4 is 55.6 Å². The Morgan fingerprint density at radius 2 is 1.68 bits per heavy atom. The first-order valence-corrected chi connectivity index (χ1v) is 13.0. The Morgan fingerprint density at radius 1 is 0.941 bits per heavy atom. The van der Waals surface area contributed by atoms with Crippen molar-refractivity contribution in [1.82, 2.24) is 14.9 Å². The van der Waals surface area contributed by atoms with Crippen LogP contribution in [0.4, 0.5) is 5.13 Å². The Kier molecular flexibility index (Phi) is 7.30. The fraction of sp³-hybridized carbons (Fsp3) is 0.0870. The molecule has 2 N–H and O–H groups in total. The van der Waals surface area contributed by atoms with E-state index in [4.69, 9.17) is 23.2 Å². The third-order valence-electron chi connectivity index (χ3n) is 4.81. The van der Waals surface area contributed by atoms with Crippen LogP contribution in [-0.2, 0) is 10.0 Å². The maximum atomic E-state index is 13.2. The minimum Gasteiger partial charge on any atom is -0.296 e. The Hall–Kier alpha value is -2.82. The predicted molar refractivity (Wildman–Crippen MR) is 134 cm³/mol. The number of carbonyl (C=O) groups is 1. The van der Waals surface area contributed by atoms with Crippen molar-refractivity contribution in [3.63, 3.8) is 0 Å². The molecule has 1 aromatic heterocycles. The maximum absolute atomic E-state index is 13.2. The van der Waals surface area contributed by atoms with Gasteiger partial charge in [-0.25, -0.2) is 8.42 Å². The van der Waals surface area contributed by atoms with E-state index in [0.717, 1.165) is 28.0 Å². The minimum absolute atomic E-state index is 0.0169. The highest BCUT2D eigenvalue weighted by molar-refractivity contribution is 7.91. The standard InChI is InChI=1S/C23H18Cl2N4O3S2/c1-14-6-5-9-16(12-14)20(15-7-3-2-4-8-15)29-34(31,32)23-28-27-22(33-23)26-21(30)18-11-10-17(24)13-19(18)25/h2-13,20,29H,1H3,(H,26,27,30). The topological polar surface area (TPSA) is 101 Å². The van der Waals surface area contributed by atoms with Crippen molar-refractivity contribution in [3.8, 4) is 0 Å². The van der Waals surface area contributed by atoms with E-state index in [1.165, 1.54) is 18.2 Å². The fourth-order valence-corrected chi connectivity index (χ4v) is 5.85. The van der Waals surface area contributed by atoms with Crippen molar-refractivity contribution in [1.29, 1.82) is 0 Å². The first-order chi connectivity index (χ1) is 16.2. The molecule has 4 rings (SSSR count). The van der Waals surface area contributed by atoms with Crippen LogP contribution in [0, 0.1) is 6.92 Å². The van der Waals surface area contributed by atoms with Crippen molar-refractivity contribution < 1.29 is 13.2 Å². The summed E-state index contributed by atoms with van der Waals surface area (Å²) in [6.45, 7) is 1.94. The normalized spacial score (nSPS) is 12.3. The zero-order chi connectivity index (χ0) is 24.3. The quantitative estimate of drug-likeness (QED) is 0.307. The van der Waals surface area contributed by atoms with Gasteiger partial charge in [-0.15, -0.1) is 10.2 Å². The third kappa shape index (κ3) is 5.63.